The van der Waals surface area contributed by atoms with Crippen molar-refractivity contribution in [2.24, 2.45) is 9.98 Å². The molecule has 0 N–H and O–H groups in total. The number of benzene rings is 3. The van der Waals surface area contributed by atoms with E-state index in [0.29, 0.717) is 0 Å². The number of aliphatic imine (C=N–C) groups is 2. The van der Waals surface area contributed by atoms with Crippen LogP contribution in [-0.4, -0.2) is 12.4 Å². The minimum absolute atomic E-state index is 0.903. The van der Waals surface area contributed by atoms with Crippen molar-refractivity contribution in [3.63, 3.8) is 0 Å². The molecule has 6 heteroatoms. The van der Waals surface area contributed by atoms with Gasteiger partial charge in [0.25, 0.3) is 0 Å². The Morgan fingerprint density at radius 2 is 0.972 bits per heavy atom. The topological polar surface area (TPSA) is 24.7 Å². The Morgan fingerprint density at radius 1 is 0.528 bits per heavy atom. The molecule has 0 unspecified atom stereocenters. The summed E-state index contributed by atoms with van der Waals surface area (Å²) in [5.74, 6) is 1.81. The summed E-state index contributed by atoms with van der Waals surface area (Å²) in [5, 5.41) is 4.15. The third-order valence-corrected chi connectivity index (χ3v) is 9.20. The Morgan fingerprint density at radius 3 is 1.42 bits per heavy atom. The van der Waals surface area contributed by atoms with E-state index in [-0.39, 0.29) is 0 Å². The van der Waals surface area contributed by atoms with Crippen LogP contribution >= 0.6 is 46.2 Å². The van der Waals surface area contributed by atoms with E-state index >= 15 is 0 Å². The van der Waals surface area contributed by atoms with Gasteiger partial charge >= 0.3 is 0 Å². The highest BCUT2D eigenvalue weighted by molar-refractivity contribution is 7.99. The first kappa shape index (κ1) is 24.8. The van der Waals surface area contributed by atoms with Crippen LogP contribution in [0.1, 0.15) is 20.9 Å². The van der Waals surface area contributed by atoms with Crippen molar-refractivity contribution in [3.05, 3.63) is 129 Å². The fraction of sp³-hybridized carbons (Fsp3) is 0.0667. The summed E-state index contributed by atoms with van der Waals surface area (Å²) in [4.78, 5) is 14.2. The maximum atomic E-state index is 4.75. The Kier molecular flexibility index (Phi) is 8.86. The van der Waals surface area contributed by atoms with E-state index in [1.807, 2.05) is 48.1 Å². The molecule has 0 atom stereocenters. The van der Waals surface area contributed by atoms with E-state index in [2.05, 4.69) is 95.7 Å². The highest BCUT2D eigenvalue weighted by Crippen LogP contribution is 2.35. The van der Waals surface area contributed by atoms with Crippen molar-refractivity contribution in [1.29, 1.82) is 0 Å². The molecule has 0 amide bonds. The lowest BCUT2D eigenvalue weighted by molar-refractivity contribution is 1.26. The zero-order valence-electron chi connectivity index (χ0n) is 19.5. The molecule has 0 aliphatic heterocycles. The summed E-state index contributed by atoms with van der Waals surface area (Å²) < 4.78 is 0. The normalized spacial score (nSPS) is 11.6. The van der Waals surface area contributed by atoms with E-state index in [4.69, 9.17) is 9.98 Å². The number of thioether (sulfide) groups is 2. The lowest BCUT2D eigenvalue weighted by Crippen LogP contribution is -1.91. The van der Waals surface area contributed by atoms with Gasteiger partial charge in [-0.25, -0.2) is 0 Å². The van der Waals surface area contributed by atoms with E-state index in [1.165, 1.54) is 20.9 Å². The molecular weight excluding hydrogens is 517 g/mol. The molecule has 2 heterocycles. The van der Waals surface area contributed by atoms with Crippen LogP contribution in [0.2, 0.25) is 0 Å². The Bertz CT molecular complexity index is 1330. The molecule has 0 spiro atoms. The average molecular weight is 541 g/mol. The van der Waals surface area contributed by atoms with Crippen LogP contribution in [0.25, 0.3) is 0 Å². The van der Waals surface area contributed by atoms with Crippen molar-refractivity contribution < 1.29 is 0 Å². The number of hydrogen-bond donors (Lipinski definition) is 0. The highest BCUT2D eigenvalue weighted by Gasteiger charge is 2.08. The van der Waals surface area contributed by atoms with Gasteiger partial charge in [0.2, 0.25) is 0 Å². The molecule has 36 heavy (non-hydrogen) atoms. The molecule has 0 aliphatic rings. The van der Waals surface area contributed by atoms with Crippen molar-refractivity contribution in [2.75, 3.05) is 0 Å². The largest absolute Gasteiger partial charge is 0.254 e. The van der Waals surface area contributed by atoms with E-state index in [9.17, 15) is 0 Å². The molecular formula is C30H24N2S4. The summed E-state index contributed by atoms with van der Waals surface area (Å²) in [6.07, 6.45) is 3.90. The number of hydrogen-bond acceptors (Lipinski definition) is 6. The van der Waals surface area contributed by atoms with Gasteiger partial charge in [-0.1, -0.05) is 60.7 Å². The standard InChI is InChI=1S/C30H24N2S4/c1-2-10-24(22-36-30-16-6-4-14-28(30)32-20-26-12-8-18-34-26)23(9-1)21-35-29-15-5-3-13-27(29)31-19-25-11-7-17-33-25/h1-20H,21-22H2/b31-19+,32-20+. The van der Waals surface area contributed by atoms with Crippen molar-refractivity contribution in [2.45, 2.75) is 21.3 Å². The maximum Gasteiger partial charge on any atom is 0.0766 e. The molecule has 178 valence electrons. The van der Waals surface area contributed by atoms with Crippen LogP contribution < -0.4 is 0 Å². The van der Waals surface area contributed by atoms with Crippen LogP contribution in [0, 0.1) is 0 Å². The number of para-hydroxylation sites is 2. The van der Waals surface area contributed by atoms with Gasteiger partial charge in [-0.05, 0) is 58.3 Å². The number of thiophene rings is 2. The number of rotatable bonds is 10. The van der Waals surface area contributed by atoms with E-state index in [1.54, 1.807) is 22.7 Å². The molecule has 0 radical (unpaired) electrons. The molecule has 0 bridgehead atoms. The fourth-order valence-electron chi connectivity index (χ4n) is 3.52. The first-order valence-electron chi connectivity index (χ1n) is 11.5. The van der Waals surface area contributed by atoms with Crippen LogP contribution in [0.5, 0.6) is 0 Å². The smallest absolute Gasteiger partial charge is 0.0766 e. The Hall–Kier alpha value is -2.90. The zero-order valence-corrected chi connectivity index (χ0v) is 22.8. The van der Waals surface area contributed by atoms with Gasteiger partial charge in [-0.3, -0.25) is 9.98 Å². The van der Waals surface area contributed by atoms with Gasteiger partial charge in [0.15, 0.2) is 0 Å². The number of nitrogens with zero attached hydrogens (tertiary/aromatic N) is 2. The average Bonchev–Trinajstić information content (AvgIpc) is 3.64. The van der Waals surface area contributed by atoms with Crippen molar-refractivity contribution in [3.8, 4) is 0 Å². The summed E-state index contributed by atoms with van der Waals surface area (Å²) in [6, 6.07) is 33.8. The predicted octanol–water partition coefficient (Wildman–Crippen LogP) is 9.90. The van der Waals surface area contributed by atoms with Gasteiger partial charge < -0.3 is 0 Å². The third kappa shape index (κ3) is 6.86. The molecule has 0 fully saturated rings. The minimum atomic E-state index is 0.903. The summed E-state index contributed by atoms with van der Waals surface area (Å²) in [5.41, 5.74) is 4.73. The van der Waals surface area contributed by atoms with Gasteiger partial charge in [-0.2, -0.15) is 0 Å². The minimum Gasteiger partial charge on any atom is -0.254 e. The quantitative estimate of drug-likeness (QED) is 0.130. The maximum absolute atomic E-state index is 4.75. The lowest BCUT2D eigenvalue weighted by atomic mass is 10.1. The molecule has 5 aromatic rings. The van der Waals surface area contributed by atoms with Gasteiger partial charge in [0.1, 0.15) is 0 Å². The molecule has 5 rings (SSSR count). The fourth-order valence-corrected chi connectivity index (χ4v) is 6.76. The SMILES string of the molecule is C(=N\c1ccccc1SCc1ccccc1CSc1ccccc1/N=C/c1cccs1)/c1cccs1. The lowest BCUT2D eigenvalue weighted by Gasteiger charge is -2.11. The van der Waals surface area contributed by atoms with E-state index in [0.717, 1.165) is 32.6 Å². The molecule has 2 nitrogen and oxygen atoms in total. The van der Waals surface area contributed by atoms with Crippen LogP contribution in [0.3, 0.4) is 0 Å². The van der Waals surface area contributed by atoms with Crippen molar-refractivity contribution >= 4 is 70.0 Å². The van der Waals surface area contributed by atoms with Crippen molar-refractivity contribution in [1.82, 2.24) is 0 Å². The predicted molar refractivity (Wildman–Crippen MR) is 162 cm³/mol. The second-order valence-electron chi connectivity index (χ2n) is 7.83. The van der Waals surface area contributed by atoms with Crippen LogP contribution in [0.4, 0.5) is 11.4 Å². The Labute approximate surface area is 228 Å². The third-order valence-electron chi connectivity index (χ3n) is 5.36. The van der Waals surface area contributed by atoms with E-state index < -0.39 is 0 Å². The molecule has 0 saturated heterocycles. The van der Waals surface area contributed by atoms with Crippen LogP contribution in [0.15, 0.2) is 128 Å². The Balaban J connectivity index is 1.27. The zero-order chi connectivity index (χ0) is 24.4. The molecule has 0 aliphatic carbocycles. The van der Waals surface area contributed by atoms with Gasteiger partial charge in [-0.15, -0.1) is 46.2 Å². The second kappa shape index (κ2) is 12.9. The molecule has 0 saturated carbocycles. The summed E-state index contributed by atoms with van der Waals surface area (Å²) in [6.45, 7) is 0. The second-order valence-corrected chi connectivity index (χ2v) is 11.8. The first-order valence-corrected chi connectivity index (χ1v) is 15.2. The van der Waals surface area contributed by atoms with Gasteiger partial charge in [0.05, 0.1) is 11.4 Å². The summed E-state index contributed by atoms with van der Waals surface area (Å²) >= 11 is 7.08. The summed E-state index contributed by atoms with van der Waals surface area (Å²) in [7, 11) is 0. The van der Waals surface area contributed by atoms with Gasteiger partial charge in [0, 0.05) is 43.5 Å². The van der Waals surface area contributed by atoms with Crippen LogP contribution in [-0.2, 0) is 11.5 Å². The molecule has 2 aromatic heterocycles. The highest BCUT2D eigenvalue weighted by atomic mass is 32.2. The monoisotopic (exact) mass is 540 g/mol. The first-order chi connectivity index (χ1) is 17.8. The molecule has 3 aromatic carbocycles.